The molecule has 2 aromatic heterocycles. The summed E-state index contributed by atoms with van der Waals surface area (Å²) in [5, 5.41) is 0. The molecule has 1 saturated heterocycles. The fraction of sp³-hybridized carbons (Fsp3) is 0.273. The predicted molar refractivity (Wildman–Crippen MR) is 110 cm³/mol. The van der Waals surface area contributed by atoms with E-state index in [2.05, 4.69) is 9.97 Å². The number of H-pyrrole nitrogens is 1. The molecule has 1 aromatic carbocycles. The molecule has 4 rings (SSSR count). The van der Waals surface area contributed by atoms with E-state index in [0.717, 1.165) is 0 Å². The number of pyridine rings is 1. The van der Waals surface area contributed by atoms with Crippen molar-refractivity contribution in [1.29, 1.82) is 0 Å². The number of carbonyl (C=O) groups excluding carboxylic acids is 3. The van der Waals surface area contributed by atoms with Crippen LogP contribution >= 0.6 is 0 Å². The Hall–Kier alpha value is -3.68. The SMILES string of the molecule is COc1ccnc2c(C(=O)C(=O)N3CCN(C(=O)c4ccccc4)[C@H](C)C3)c[nH]c12. The van der Waals surface area contributed by atoms with Gasteiger partial charge < -0.3 is 19.5 Å². The van der Waals surface area contributed by atoms with Gasteiger partial charge in [0.15, 0.2) is 0 Å². The number of methoxy groups -OCH3 is 1. The Morgan fingerprint density at radius 1 is 1.13 bits per heavy atom. The van der Waals surface area contributed by atoms with Crippen molar-refractivity contribution >= 4 is 28.6 Å². The quantitative estimate of drug-likeness (QED) is 0.529. The number of hydrogen-bond donors (Lipinski definition) is 1. The summed E-state index contributed by atoms with van der Waals surface area (Å²) in [5.41, 5.74) is 1.80. The van der Waals surface area contributed by atoms with Gasteiger partial charge in [-0.3, -0.25) is 19.4 Å². The molecule has 1 fully saturated rings. The minimum Gasteiger partial charge on any atom is -0.494 e. The first kappa shape index (κ1) is 19.6. The van der Waals surface area contributed by atoms with Gasteiger partial charge in [-0.1, -0.05) is 18.2 Å². The maximum Gasteiger partial charge on any atom is 0.295 e. The summed E-state index contributed by atoms with van der Waals surface area (Å²) >= 11 is 0. The number of Topliss-reactive ketones (excluding diaryl/α,β-unsaturated/α-hetero) is 1. The van der Waals surface area contributed by atoms with E-state index in [9.17, 15) is 14.4 Å². The van der Waals surface area contributed by atoms with Gasteiger partial charge >= 0.3 is 0 Å². The van der Waals surface area contributed by atoms with Gasteiger partial charge in [-0.25, -0.2) is 0 Å². The molecular formula is C22H22N4O4. The van der Waals surface area contributed by atoms with Gasteiger partial charge in [0, 0.05) is 49.7 Å². The number of ether oxygens (including phenoxy) is 1. The van der Waals surface area contributed by atoms with E-state index < -0.39 is 11.7 Å². The van der Waals surface area contributed by atoms with Crippen LogP contribution in [-0.4, -0.2) is 70.2 Å². The first-order chi connectivity index (χ1) is 14.5. The minimum absolute atomic E-state index is 0.0746. The van der Waals surface area contributed by atoms with Crippen LogP contribution in [0.4, 0.5) is 0 Å². The molecule has 0 radical (unpaired) electrons. The number of nitrogens with zero attached hydrogens (tertiary/aromatic N) is 3. The van der Waals surface area contributed by atoms with Gasteiger partial charge in [-0.05, 0) is 19.1 Å². The normalized spacial score (nSPS) is 16.5. The third-order valence-electron chi connectivity index (χ3n) is 5.38. The Balaban J connectivity index is 1.49. The monoisotopic (exact) mass is 406 g/mol. The summed E-state index contributed by atoms with van der Waals surface area (Å²) in [5.74, 6) is -0.751. The lowest BCUT2D eigenvalue weighted by atomic mass is 10.1. The van der Waals surface area contributed by atoms with Crippen molar-refractivity contribution in [3.63, 3.8) is 0 Å². The first-order valence-corrected chi connectivity index (χ1v) is 9.71. The molecule has 0 unspecified atom stereocenters. The Morgan fingerprint density at radius 2 is 1.90 bits per heavy atom. The Morgan fingerprint density at radius 3 is 2.60 bits per heavy atom. The van der Waals surface area contributed by atoms with E-state index in [0.29, 0.717) is 42.0 Å². The third kappa shape index (κ3) is 3.41. The standard InChI is InChI=1S/C22H22N4O4/c1-14-13-25(10-11-26(14)21(28)15-6-4-3-5-7-15)22(29)20(27)16-12-24-19-17(30-2)8-9-23-18(16)19/h3-9,12,14,24H,10-11,13H2,1-2H3/t14-/m1/s1. The molecule has 3 heterocycles. The second-order valence-corrected chi connectivity index (χ2v) is 7.23. The molecule has 1 N–H and O–H groups in total. The van der Waals surface area contributed by atoms with E-state index in [4.69, 9.17) is 4.74 Å². The van der Waals surface area contributed by atoms with Crippen molar-refractivity contribution < 1.29 is 19.1 Å². The highest BCUT2D eigenvalue weighted by molar-refractivity contribution is 6.44. The maximum atomic E-state index is 12.9. The van der Waals surface area contributed by atoms with E-state index in [-0.39, 0.29) is 17.5 Å². The highest BCUT2D eigenvalue weighted by Gasteiger charge is 2.34. The maximum absolute atomic E-state index is 12.9. The van der Waals surface area contributed by atoms with Crippen molar-refractivity contribution in [3.8, 4) is 5.75 Å². The topological polar surface area (TPSA) is 95.6 Å². The lowest BCUT2D eigenvalue weighted by Crippen LogP contribution is -2.56. The third-order valence-corrected chi connectivity index (χ3v) is 5.38. The molecule has 2 amide bonds. The number of fused-ring (bicyclic) bond motifs is 1. The summed E-state index contributed by atoms with van der Waals surface area (Å²) in [6, 6.07) is 10.5. The molecule has 3 aromatic rings. The summed E-state index contributed by atoms with van der Waals surface area (Å²) < 4.78 is 5.27. The zero-order chi connectivity index (χ0) is 21.3. The van der Waals surface area contributed by atoms with Crippen molar-refractivity contribution in [1.82, 2.24) is 19.8 Å². The number of aromatic amines is 1. The number of amides is 2. The average molecular weight is 406 g/mol. The lowest BCUT2D eigenvalue weighted by Gasteiger charge is -2.39. The molecule has 154 valence electrons. The second-order valence-electron chi connectivity index (χ2n) is 7.23. The van der Waals surface area contributed by atoms with Crippen LogP contribution in [0.1, 0.15) is 27.6 Å². The van der Waals surface area contributed by atoms with Crippen LogP contribution in [0.25, 0.3) is 11.0 Å². The number of carbonyl (C=O) groups is 3. The van der Waals surface area contributed by atoms with Crippen LogP contribution in [0.3, 0.4) is 0 Å². The molecule has 8 heteroatoms. The van der Waals surface area contributed by atoms with Crippen molar-refractivity contribution in [2.24, 2.45) is 0 Å². The number of piperazine rings is 1. The predicted octanol–water partition coefficient (Wildman–Crippen LogP) is 2.13. The highest BCUT2D eigenvalue weighted by Crippen LogP contribution is 2.26. The van der Waals surface area contributed by atoms with Gasteiger partial charge in [0.05, 0.1) is 12.7 Å². The summed E-state index contributed by atoms with van der Waals surface area (Å²) in [6.45, 7) is 2.84. The molecular weight excluding hydrogens is 384 g/mol. The first-order valence-electron chi connectivity index (χ1n) is 9.71. The van der Waals surface area contributed by atoms with Crippen LogP contribution in [0, 0.1) is 0 Å². The molecule has 1 atom stereocenters. The number of benzene rings is 1. The van der Waals surface area contributed by atoms with Crippen molar-refractivity contribution in [3.05, 3.63) is 59.9 Å². The smallest absolute Gasteiger partial charge is 0.295 e. The largest absolute Gasteiger partial charge is 0.494 e. The van der Waals surface area contributed by atoms with Crippen LogP contribution in [0.15, 0.2) is 48.8 Å². The number of hydrogen-bond acceptors (Lipinski definition) is 5. The summed E-state index contributed by atoms with van der Waals surface area (Å²) in [4.78, 5) is 49.0. The molecule has 0 spiro atoms. The Kier molecular flexibility index (Phi) is 5.22. The molecule has 0 bridgehead atoms. The van der Waals surface area contributed by atoms with E-state index in [1.807, 2.05) is 25.1 Å². The van der Waals surface area contributed by atoms with Gasteiger partial charge in [0.1, 0.15) is 16.8 Å². The van der Waals surface area contributed by atoms with Crippen LogP contribution in [0.2, 0.25) is 0 Å². The molecule has 0 aliphatic carbocycles. The van der Waals surface area contributed by atoms with E-state index >= 15 is 0 Å². The Bertz CT molecular complexity index is 1110. The second kappa shape index (κ2) is 7.98. The average Bonchev–Trinajstić information content (AvgIpc) is 3.22. The molecule has 0 saturated carbocycles. The Labute approximate surface area is 173 Å². The molecule has 30 heavy (non-hydrogen) atoms. The molecule has 8 nitrogen and oxygen atoms in total. The number of aromatic nitrogens is 2. The van der Waals surface area contributed by atoms with Gasteiger partial charge in [0.25, 0.3) is 17.6 Å². The van der Waals surface area contributed by atoms with E-state index in [1.54, 1.807) is 23.1 Å². The van der Waals surface area contributed by atoms with Crippen molar-refractivity contribution in [2.45, 2.75) is 13.0 Å². The summed E-state index contributed by atoms with van der Waals surface area (Å²) in [7, 11) is 1.53. The summed E-state index contributed by atoms with van der Waals surface area (Å²) in [6.07, 6.45) is 3.02. The van der Waals surface area contributed by atoms with Gasteiger partial charge in [-0.2, -0.15) is 0 Å². The van der Waals surface area contributed by atoms with Crippen LogP contribution in [-0.2, 0) is 4.79 Å². The highest BCUT2D eigenvalue weighted by atomic mass is 16.5. The zero-order valence-corrected chi connectivity index (χ0v) is 16.8. The molecule has 1 aliphatic rings. The van der Waals surface area contributed by atoms with Crippen molar-refractivity contribution in [2.75, 3.05) is 26.7 Å². The number of ketones is 1. The number of nitrogens with one attached hydrogen (secondary N) is 1. The van der Waals surface area contributed by atoms with E-state index in [1.165, 1.54) is 24.4 Å². The minimum atomic E-state index is -0.628. The fourth-order valence-corrected chi connectivity index (χ4v) is 3.79. The number of rotatable bonds is 4. The lowest BCUT2D eigenvalue weighted by molar-refractivity contribution is -0.128. The van der Waals surface area contributed by atoms with Gasteiger partial charge in [0.2, 0.25) is 0 Å². The zero-order valence-electron chi connectivity index (χ0n) is 16.8. The fourth-order valence-electron chi connectivity index (χ4n) is 3.79. The van der Waals surface area contributed by atoms with Crippen LogP contribution < -0.4 is 4.74 Å². The molecule has 1 aliphatic heterocycles. The van der Waals surface area contributed by atoms with Gasteiger partial charge in [-0.15, -0.1) is 0 Å². The van der Waals surface area contributed by atoms with Crippen LogP contribution in [0.5, 0.6) is 5.75 Å².